The van der Waals surface area contributed by atoms with Crippen LogP contribution in [-0.2, 0) is 0 Å². The maximum absolute atomic E-state index is 6.30. The number of hydrogen-bond acceptors (Lipinski definition) is 2. The topological polar surface area (TPSA) is 24.9 Å². The van der Waals surface area contributed by atoms with Crippen molar-refractivity contribution in [3.8, 4) is 0 Å². The molecular weight excluding hydrogens is 279 g/mol. The third-order valence-corrected chi connectivity index (χ3v) is 3.58. The van der Waals surface area contributed by atoms with E-state index < -0.39 is 0 Å². The molecule has 0 aliphatic carbocycles. The molecule has 1 heterocycles. The molecule has 1 aromatic carbocycles. The van der Waals surface area contributed by atoms with Crippen LogP contribution in [0.25, 0.3) is 0 Å². The molecule has 0 saturated carbocycles. The summed E-state index contributed by atoms with van der Waals surface area (Å²) in [4.78, 5) is 4.48. The summed E-state index contributed by atoms with van der Waals surface area (Å²) in [7, 11) is 0. The van der Waals surface area contributed by atoms with Crippen LogP contribution in [0.3, 0.4) is 0 Å². The van der Waals surface area contributed by atoms with Gasteiger partial charge in [-0.1, -0.05) is 36.2 Å². The summed E-state index contributed by atoms with van der Waals surface area (Å²) in [5.74, 6) is 0. The van der Waals surface area contributed by atoms with Crippen molar-refractivity contribution in [1.82, 2.24) is 10.3 Å². The Kier molecular flexibility index (Phi) is 4.81. The zero-order chi connectivity index (χ0) is 13.8. The van der Waals surface area contributed by atoms with Gasteiger partial charge in [0.1, 0.15) is 0 Å². The van der Waals surface area contributed by atoms with Crippen LogP contribution in [0.1, 0.15) is 29.8 Å². The number of benzene rings is 1. The second-order valence-electron chi connectivity index (χ2n) is 4.36. The Morgan fingerprint density at radius 1 is 1.26 bits per heavy atom. The first-order valence-electron chi connectivity index (χ1n) is 6.23. The minimum atomic E-state index is -0.0441. The van der Waals surface area contributed by atoms with Gasteiger partial charge in [0.25, 0.3) is 0 Å². The average molecular weight is 295 g/mol. The molecule has 1 aromatic heterocycles. The minimum Gasteiger partial charge on any atom is -0.305 e. The van der Waals surface area contributed by atoms with E-state index in [1.807, 2.05) is 31.2 Å². The van der Waals surface area contributed by atoms with Crippen molar-refractivity contribution in [3.63, 3.8) is 0 Å². The first-order chi connectivity index (χ1) is 9.13. The van der Waals surface area contributed by atoms with Crippen molar-refractivity contribution < 1.29 is 0 Å². The van der Waals surface area contributed by atoms with Crippen LogP contribution < -0.4 is 5.32 Å². The van der Waals surface area contributed by atoms with Crippen LogP contribution in [0.15, 0.2) is 36.5 Å². The maximum Gasteiger partial charge on any atom is 0.0769 e. The summed E-state index contributed by atoms with van der Waals surface area (Å²) in [6.45, 7) is 4.93. The van der Waals surface area contributed by atoms with Crippen LogP contribution >= 0.6 is 23.2 Å². The van der Waals surface area contributed by atoms with Gasteiger partial charge < -0.3 is 5.32 Å². The number of nitrogens with zero attached hydrogens (tertiary/aromatic N) is 1. The standard InChI is InChI=1S/C15H16Cl2N2/c1-3-18-15(14-10(2)5-4-8-19-14)12-9-11(16)6-7-13(12)17/h4-9,15,18H,3H2,1-2H3. The zero-order valence-corrected chi connectivity index (χ0v) is 12.5. The molecule has 2 rings (SSSR count). The van der Waals surface area contributed by atoms with E-state index in [1.165, 1.54) is 0 Å². The van der Waals surface area contributed by atoms with Crippen LogP contribution in [-0.4, -0.2) is 11.5 Å². The summed E-state index contributed by atoms with van der Waals surface area (Å²) < 4.78 is 0. The Hall–Kier alpha value is -1.09. The largest absolute Gasteiger partial charge is 0.305 e. The lowest BCUT2D eigenvalue weighted by molar-refractivity contribution is 0.612. The fourth-order valence-corrected chi connectivity index (χ4v) is 2.50. The molecule has 0 fully saturated rings. The predicted octanol–water partition coefficient (Wildman–Crippen LogP) is 4.40. The molecule has 0 bridgehead atoms. The van der Waals surface area contributed by atoms with Gasteiger partial charge in [0.15, 0.2) is 0 Å². The predicted molar refractivity (Wildman–Crippen MR) is 81.0 cm³/mol. The van der Waals surface area contributed by atoms with Crippen molar-refractivity contribution in [3.05, 3.63) is 63.4 Å². The Balaban J connectivity index is 2.51. The SMILES string of the molecule is CCNC(c1cc(Cl)ccc1Cl)c1ncccc1C. The van der Waals surface area contributed by atoms with Crippen LogP contribution in [0.2, 0.25) is 10.0 Å². The number of aromatic nitrogens is 1. The second kappa shape index (κ2) is 6.38. The van der Waals surface area contributed by atoms with Gasteiger partial charge in [0.2, 0.25) is 0 Å². The highest BCUT2D eigenvalue weighted by Crippen LogP contribution is 2.31. The van der Waals surface area contributed by atoms with Crippen molar-refractivity contribution in [2.75, 3.05) is 6.54 Å². The van der Waals surface area contributed by atoms with E-state index >= 15 is 0 Å². The van der Waals surface area contributed by atoms with Crippen molar-refractivity contribution >= 4 is 23.2 Å². The van der Waals surface area contributed by atoms with Crippen molar-refractivity contribution in [2.45, 2.75) is 19.9 Å². The van der Waals surface area contributed by atoms with E-state index in [-0.39, 0.29) is 6.04 Å². The summed E-state index contributed by atoms with van der Waals surface area (Å²) in [5.41, 5.74) is 3.07. The smallest absolute Gasteiger partial charge is 0.0769 e. The number of hydrogen-bond donors (Lipinski definition) is 1. The highest BCUT2D eigenvalue weighted by Gasteiger charge is 2.19. The number of aryl methyl sites for hydroxylation is 1. The Bertz CT molecular complexity index is 570. The van der Waals surface area contributed by atoms with Crippen molar-refractivity contribution in [1.29, 1.82) is 0 Å². The molecule has 0 aliphatic rings. The maximum atomic E-state index is 6.30. The van der Waals surface area contributed by atoms with Gasteiger partial charge in [0, 0.05) is 16.2 Å². The molecule has 1 atom stereocenters. The molecular formula is C15H16Cl2N2. The Morgan fingerprint density at radius 2 is 2.05 bits per heavy atom. The normalized spacial score (nSPS) is 12.4. The molecule has 2 nitrogen and oxygen atoms in total. The van der Waals surface area contributed by atoms with Gasteiger partial charge in [-0.3, -0.25) is 4.98 Å². The summed E-state index contributed by atoms with van der Waals surface area (Å²) in [5, 5.41) is 4.79. The molecule has 4 heteroatoms. The molecule has 0 saturated heterocycles. The van der Waals surface area contributed by atoms with Gasteiger partial charge in [-0.05, 0) is 48.9 Å². The first kappa shape index (κ1) is 14.3. The van der Waals surface area contributed by atoms with Crippen LogP contribution in [0.4, 0.5) is 0 Å². The molecule has 1 unspecified atom stereocenters. The van der Waals surface area contributed by atoms with E-state index in [2.05, 4.69) is 17.2 Å². The van der Waals surface area contributed by atoms with Gasteiger partial charge in [-0.15, -0.1) is 0 Å². The third-order valence-electron chi connectivity index (χ3n) is 3.00. The van der Waals surface area contributed by atoms with E-state index in [0.717, 1.165) is 23.4 Å². The van der Waals surface area contributed by atoms with Crippen molar-refractivity contribution in [2.24, 2.45) is 0 Å². The fourth-order valence-electron chi connectivity index (χ4n) is 2.09. The fraction of sp³-hybridized carbons (Fsp3) is 0.267. The van der Waals surface area contributed by atoms with E-state index in [4.69, 9.17) is 23.2 Å². The van der Waals surface area contributed by atoms with E-state index in [9.17, 15) is 0 Å². The summed E-state index contributed by atoms with van der Waals surface area (Å²) in [6.07, 6.45) is 1.80. The highest BCUT2D eigenvalue weighted by atomic mass is 35.5. The average Bonchev–Trinajstić information content (AvgIpc) is 2.40. The summed E-state index contributed by atoms with van der Waals surface area (Å²) in [6, 6.07) is 9.44. The lowest BCUT2D eigenvalue weighted by Crippen LogP contribution is -2.24. The molecule has 19 heavy (non-hydrogen) atoms. The van der Waals surface area contributed by atoms with Gasteiger partial charge in [-0.2, -0.15) is 0 Å². The Labute approximate surface area is 123 Å². The van der Waals surface area contributed by atoms with Gasteiger partial charge in [0.05, 0.1) is 11.7 Å². The van der Waals surface area contributed by atoms with Gasteiger partial charge in [-0.25, -0.2) is 0 Å². The number of halogens is 2. The minimum absolute atomic E-state index is 0.0441. The van der Waals surface area contributed by atoms with E-state index in [1.54, 1.807) is 12.3 Å². The third kappa shape index (κ3) is 3.27. The highest BCUT2D eigenvalue weighted by molar-refractivity contribution is 6.33. The molecule has 0 radical (unpaired) electrons. The summed E-state index contributed by atoms with van der Waals surface area (Å²) >= 11 is 12.4. The first-order valence-corrected chi connectivity index (χ1v) is 6.99. The molecule has 0 spiro atoms. The number of nitrogens with one attached hydrogen (secondary N) is 1. The lowest BCUT2D eigenvalue weighted by atomic mass is 10.00. The van der Waals surface area contributed by atoms with Crippen LogP contribution in [0.5, 0.6) is 0 Å². The van der Waals surface area contributed by atoms with Crippen LogP contribution in [0, 0.1) is 6.92 Å². The van der Waals surface area contributed by atoms with Gasteiger partial charge >= 0.3 is 0 Å². The number of pyridine rings is 1. The second-order valence-corrected chi connectivity index (χ2v) is 5.21. The monoisotopic (exact) mass is 294 g/mol. The van der Waals surface area contributed by atoms with E-state index in [0.29, 0.717) is 10.0 Å². The molecule has 0 amide bonds. The lowest BCUT2D eigenvalue weighted by Gasteiger charge is -2.21. The molecule has 0 aliphatic heterocycles. The quantitative estimate of drug-likeness (QED) is 0.904. The molecule has 100 valence electrons. The Morgan fingerprint density at radius 3 is 2.74 bits per heavy atom. The molecule has 2 aromatic rings. The molecule has 1 N–H and O–H groups in total. The zero-order valence-electron chi connectivity index (χ0n) is 11.0. The number of rotatable bonds is 4.